The maximum atomic E-state index is 11.8. The average Bonchev–Trinajstić information content (AvgIpc) is 3.20. The molecule has 1 N–H and O–H groups in total. The van der Waals surface area contributed by atoms with Crippen LogP contribution in [0, 0.1) is 19.8 Å². The summed E-state index contributed by atoms with van der Waals surface area (Å²) in [7, 11) is 2.29. The highest BCUT2D eigenvalue weighted by molar-refractivity contribution is 7.13. The maximum absolute atomic E-state index is 11.8. The Morgan fingerprint density at radius 2 is 1.50 bits per heavy atom. The van der Waals surface area contributed by atoms with Crippen LogP contribution >= 0.6 is 22.7 Å². The molecule has 2 saturated heterocycles. The summed E-state index contributed by atoms with van der Waals surface area (Å²) in [6, 6.07) is 10.0. The fraction of sp³-hybridized carbons (Fsp3) is 0.600. The van der Waals surface area contributed by atoms with Gasteiger partial charge >= 0.3 is 0 Å². The van der Waals surface area contributed by atoms with Gasteiger partial charge in [-0.25, -0.2) is 0 Å². The Kier molecular flexibility index (Phi) is 4.36. The van der Waals surface area contributed by atoms with Gasteiger partial charge in [0, 0.05) is 31.6 Å². The van der Waals surface area contributed by atoms with E-state index in [2.05, 4.69) is 50.1 Å². The monoisotopic (exact) mass is 361 g/mol. The molecule has 3 atom stereocenters. The van der Waals surface area contributed by atoms with Crippen molar-refractivity contribution in [3.8, 4) is 0 Å². The van der Waals surface area contributed by atoms with Crippen LogP contribution in [0.1, 0.15) is 51.6 Å². The topological polar surface area (TPSA) is 23.5 Å². The van der Waals surface area contributed by atoms with Crippen LogP contribution in [-0.2, 0) is 5.60 Å². The van der Waals surface area contributed by atoms with E-state index in [1.807, 2.05) is 0 Å². The van der Waals surface area contributed by atoms with Crippen LogP contribution in [0.2, 0.25) is 0 Å². The molecule has 2 aromatic heterocycles. The third kappa shape index (κ3) is 2.88. The Hall–Kier alpha value is -0.680. The molecule has 0 aromatic carbocycles. The number of rotatable bonds is 4. The second-order valence-electron chi connectivity index (χ2n) is 7.77. The molecule has 2 aromatic rings. The number of thiophene rings is 2. The number of nitrogens with zero attached hydrogens (tertiary/aromatic N) is 1. The summed E-state index contributed by atoms with van der Waals surface area (Å²) in [4.78, 5) is 7.38. The SMILES string of the molecule is Cc1ccc(C(O)(CC2C[C@H]3CC[C@@H](C2)N3C)c2ccc(C)s2)s1. The van der Waals surface area contributed by atoms with Crippen LogP contribution in [0.5, 0.6) is 0 Å². The van der Waals surface area contributed by atoms with Gasteiger partial charge in [-0.05, 0) is 83.2 Å². The van der Waals surface area contributed by atoms with Gasteiger partial charge in [0.15, 0.2) is 0 Å². The Bertz CT molecular complexity index is 665. The van der Waals surface area contributed by atoms with Crippen molar-refractivity contribution < 1.29 is 5.11 Å². The third-order valence-corrected chi connectivity index (χ3v) is 8.38. The van der Waals surface area contributed by atoms with Gasteiger partial charge in [0.05, 0.1) is 0 Å². The van der Waals surface area contributed by atoms with Gasteiger partial charge in [0.1, 0.15) is 5.60 Å². The molecule has 2 nitrogen and oxygen atoms in total. The van der Waals surface area contributed by atoms with Crippen molar-refractivity contribution in [2.75, 3.05) is 7.05 Å². The minimum atomic E-state index is -0.808. The van der Waals surface area contributed by atoms with E-state index in [1.165, 1.54) is 35.4 Å². The quantitative estimate of drug-likeness (QED) is 0.835. The van der Waals surface area contributed by atoms with Crippen molar-refractivity contribution in [1.29, 1.82) is 0 Å². The van der Waals surface area contributed by atoms with Gasteiger partial charge in [0.25, 0.3) is 0 Å². The van der Waals surface area contributed by atoms with Crippen molar-refractivity contribution in [1.82, 2.24) is 4.90 Å². The van der Waals surface area contributed by atoms with E-state index in [0.29, 0.717) is 5.92 Å². The smallest absolute Gasteiger partial charge is 0.133 e. The number of aliphatic hydroxyl groups is 1. The van der Waals surface area contributed by atoms with Crippen LogP contribution in [0.4, 0.5) is 0 Å². The van der Waals surface area contributed by atoms with Crippen LogP contribution in [-0.4, -0.2) is 29.1 Å². The maximum Gasteiger partial charge on any atom is 0.133 e. The summed E-state index contributed by atoms with van der Waals surface area (Å²) >= 11 is 3.50. The number of aryl methyl sites for hydroxylation is 2. The molecule has 4 heteroatoms. The standard InChI is InChI=1S/C20H27NOS2/c1-13-4-8-18(23-13)20(22,19-9-5-14(2)24-19)12-15-10-16-6-7-17(11-15)21(16)3/h4-5,8-9,15-17,22H,6-7,10-12H2,1-3H3/t15?,16-,17+. The Balaban J connectivity index is 1.64. The van der Waals surface area contributed by atoms with E-state index in [0.717, 1.165) is 28.3 Å². The highest BCUT2D eigenvalue weighted by Crippen LogP contribution is 2.47. The summed E-state index contributed by atoms with van der Waals surface area (Å²) in [5.74, 6) is 0.619. The normalized spacial score (nSPS) is 27.8. The molecule has 1 unspecified atom stereocenters. The van der Waals surface area contributed by atoms with E-state index in [1.54, 1.807) is 22.7 Å². The molecule has 0 radical (unpaired) electrons. The molecular weight excluding hydrogens is 334 g/mol. The summed E-state index contributed by atoms with van der Waals surface area (Å²) in [5.41, 5.74) is -0.808. The van der Waals surface area contributed by atoms with Crippen LogP contribution < -0.4 is 0 Å². The summed E-state index contributed by atoms with van der Waals surface area (Å²) < 4.78 is 0. The van der Waals surface area contributed by atoms with Crippen molar-refractivity contribution in [2.24, 2.45) is 5.92 Å². The molecule has 0 spiro atoms. The lowest BCUT2D eigenvalue weighted by molar-refractivity contribution is 0.0321. The minimum Gasteiger partial charge on any atom is -0.379 e. The lowest BCUT2D eigenvalue weighted by atomic mass is 9.80. The number of hydrogen-bond acceptors (Lipinski definition) is 4. The average molecular weight is 362 g/mol. The van der Waals surface area contributed by atoms with Gasteiger partial charge in [0.2, 0.25) is 0 Å². The molecule has 0 amide bonds. The van der Waals surface area contributed by atoms with Crippen LogP contribution in [0.15, 0.2) is 24.3 Å². The van der Waals surface area contributed by atoms with Crippen LogP contribution in [0.25, 0.3) is 0 Å². The van der Waals surface area contributed by atoms with E-state index in [9.17, 15) is 5.11 Å². The highest BCUT2D eigenvalue weighted by atomic mass is 32.1. The fourth-order valence-corrected chi connectivity index (χ4v) is 6.77. The van der Waals surface area contributed by atoms with Gasteiger partial charge in [-0.3, -0.25) is 0 Å². The summed E-state index contributed by atoms with van der Waals surface area (Å²) in [6.07, 6.45) is 6.03. The number of hydrogen-bond donors (Lipinski definition) is 1. The molecule has 130 valence electrons. The van der Waals surface area contributed by atoms with Gasteiger partial charge in [-0.1, -0.05) is 0 Å². The van der Waals surface area contributed by atoms with Crippen molar-refractivity contribution >= 4 is 22.7 Å². The zero-order valence-corrected chi connectivity index (χ0v) is 16.4. The molecular formula is C20H27NOS2. The lowest BCUT2D eigenvalue weighted by Crippen LogP contribution is -2.42. The molecule has 2 bridgehead atoms. The Morgan fingerprint density at radius 1 is 1.00 bits per heavy atom. The molecule has 2 fully saturated rings. The van der Waals surface area contributed by atoms with E-state index in [-0.39, 0.29) is 0 Å². The first-order chi connectivity index (χ1) is 11.5. The summed E-state index contributed by atoms with van der Waals surface area (Å²) in [5, 5.41) is 11.8. The molecule has 0 aliphatic carbocycles. The van der Waals surface area contributed by atoms with E-state index < -0.39 is 5.60 Å². The predicted molar refractivity (Wildman–Crippen MR) is 103 cm³/mol. The minimum absolute atomic E-state index is 0.619. The first kappa shape index (κ1) is 16.8. The predicted octanol–water partition coefficient (Wildman–Crippen LogP) is 4.93. The zero-order valence-electron chi connectivity index (χ0n) is 14.8. The first-order valence-electron chi connectivity index (χ1n) is 9.04. The molecule has 24 heavy (non-hydrogen) atoms. The summed E-state index contributed by atoms with van der Waals surface area (Å²) in [6.45, 7) is 4.26. The highest BCUT2D eigenvalue weighted by Gasteiger charge is 2.43. The fourth-order valence-electron chi connectivity index (χ4n) is 4.74. The van der Waals surface area contributed by atoms with Gasteiger partial charge < -0.3 is 10.0 Å². The zero-order chi connectivity index (χ0) is 16.9. The molecule has 4 rings (SSSR count). The Morgan fingerprint density at radius 3 is 1.92 bits per heavy atom. The Labute approximate surface area is 153 Å². The number of piperidine rings is 1. The van der Waals surface area contributed by atoms with Crippen molar-refractivity contribution in [3.63, 3.8) is 0 Å². The molecule has 4 heterocycles. The first-order valence-corrected chi connectivity index (χ1v) is 10.7. The van der Waals surface area contributed by atoms with E-state index >= 15 is 0 Å². The second-order valence-corrected chi connectivity index (χ2v) is 10.3. The second kappa shape index (κ2) is 6.24. The number of fused-ring (bicyclic) bond motifs is 2. The third-order valence-electron chi connectivity index (χ3n) is 6.08. The van der Waals surface area contributed by atoms with Crippen LogP contribution in [0.3, 0.4) is 0 Å². The molecule has 2 aliphatic rings. The van der Waals surface area contributed by atoms with E-state index in [4.69, 9.17) is 0 Å². The van der Waals surface area contributed by atoms with Gasteiger partial charge in [-0.15, -0.1) is 22.7 Å². The van der Waals surface area contributed by atoms with Crippen molar-refractivity contribution in [3.05, 3.63) is 43.8 Å². The molecule has 2 aliphatic heterocycles. The largest absolute Gasteiger partial charge is 0.379 e. The molecule has 0 saturated carbocycles. The lowest BCUT2D eigenvalue weighted by Gasteiger charge is -2.39. The van der Waals surface area contributed by atoms with Crippen molar-refractivity contribution in [2.45, 2.75) is 63.6 Å². The van der Waals surface area contributed by atoms with Gasteiger partial charge in [-0.2, -0.15) is 0 Å².